The molecule has 1 aliphatic heterocycles. The van der Waals surface area contributed by atoms with Crippen molar-refractivity contribution in [3.63, 3.8) is 0 Å². The number of aliphatic hydroxyl groups excluding tert-OH is 2. The van der Waals surface area contributed by atoms with Crippen molar-refractivity contribution in [1.82, 2.24) is 0 Å². The largest absolute Gasteiger partial charge is 0.467 e. The van der Waals surface area contributed by atoms with Gasteiger partial charge in [0.25, 0.3) is 0 Å². The number of carbonyl (C=O) groups is 1. The third-order valence-electron chi connectivity index (χ3n) is 2.62. The van der Waals surface area contributed by atoms with Crippen LogP contribution in [0.25, 0.3) is 0 Å². The highest BCUT2D eigenvalue weighted by molar-refractivity contribution is 5.94. The van der Waals surface area contributed by atoms with E-state index in [2.05, 4.69) is 0 Å². The number of hydrogen-bond donors (Lipinski definition) is 2. The van der Waals surface area contributed by atoms with Gasteiger partial charge in [0.1, 0.15) is 18.0 Å². The molecule has 0 spiro atoms. The van der Waals surface area contributed by atoms with E-state index in [1.165, 1.54) is 18.4 Å². The predicted molar refractivity (Wildman–Crippen MR) is 57.9 cm³/mol. The van der Waals surface area contributed by atoms with Crippen molar-refractivity contribution in [2.75, 3.05) is 0 Å². The van der Waals surface area contributed by atoms with Gasteiger partial charge < -0.3 is 19.4 Å². The van der Waals surface area contributed by atoms with Crippen LogP contribution in [-0.4, -0.2) is 28.4 Å². The number of carbonyl (C=O) groups excluding carboxylic acids is 1. The van der Waals surface area contributed by atoms with E-state index in [-0.39, 0.29) is 5.78 Å². The Balaban J connectivity index is 1.86. The molecule has 0 saturated carbocycles. The number of rotatable bonds is 4. The lowest BCUT2D eigenvalue weighted by molar-refractivity contribution is -0.149. The minimum atomic E-state index is -1.04. The highest BCUT2D eigenvalue weighted by Gasteiger charge is 2.25. The Hall–Kier alpha value is -1.43. The number of ketones is 1. The van der Waals surface area contributed by atoms with Crippen LogP contribution in [0, 0.1) is 0 Å². The maximum Gasteiger partial charge on any atom is 0.184 e. The van der Waals surface area contributed by atoms with Crippen LogP contribution in [0.4, 0.5) is 0 Å². The summed E-state index contributed by atoms with van der Waals surface area (Å²) in [7, 11) is 0. The van der Waals surface area contributed by atoms with Gasteiger partial charge in [0.05, 0.1) is 6.26 Å². The molecule has 0 radical (unpaired) electrons. The van der Waals surface area contributed by atoms with Crippen LogP contribution in [0.1, 0.15) is 24.7 Å². The van der Waals surface area contributed by atoms with E-state index < -0.39 is 18.5 Å². The summed E-state index contributed by atoms with van der Waals surface area (Å²) in [5, 5.41) is 19.0. The molecule has 17 heavy (non-hydrogen) atoms. The third-order valence-corrected chi connectivity index (χ3v) is 2.62. The topological polar surface area (TPSA) is 79.9 Å². The van der Waals surface area contributed by atoms with Gasteiger partial charge >= 0.3 is 0 Å². The Morgan fingerprint density at radius 1 is 1.47 bits per heavy atom. The standard InChI is InChI=1S/C12H14O5/c13-8(10-2-1-7-16-10)3-5-11-9(14)4-6-12(15)17-11/h1-2,4,6-8,11-13,15H,3,5H2/t8-,11-,12?/m0/s1. The molecule has 1 unspecified atom stereocenters. The summed E-state index contributed by atoms with van der Waals surface area (Å²) in [4.78, 5) is 11.4. The summed E-state index contributed by atoms with van der Waals surface area (Å²) >= 11 is 0. The molecule has 1 aromatic heterocycles. The fourth-order valence-electron chi connectivity index (χ4n) is 1.71. The van der Waals surface area contributed by atoms with Crippen LogP contribution in [0.15, 0.2) is 35.0 Å². The van der Waals surface area contributed by atoms with Crippen LogP contribution < -0.4 is 0 Å². The van der Waals surface area contributed by atoms with E-state index in [0.717, 1.165) is 0 Å². The van der Waals surface area contributed by atoms with Gasteiger partial charge in [0, 0.05) is 0 Å². The summed E-state index contributed by atoms with van der Waals surface area (Å²) in [6.45, 7) is 0. The van der Waals surface area contributed by atoms with Gasteiger partial charge in [-0.05, 0) is 37.1 Å². The van der Waals surface area contributed by atoms with Gasteiger partial charge in [-0.15, -0.1) is 0 Å². The fourth-order valence-corrected chi connectivity index (χ4v) is 1.71. The number of hydrogen-bond acceptors (Lipinski definition) is 5. The van der Waals surface area contributed by atoms with Crippen molar-refractivity contribution in [3.05, 3.63) is 36.3 Å². The normalized spacial score (nSPS) is 26.1. The summed E-state index contributed by atoms with van der Waals surface area (Å²) < 4.78 is 10.1. The SMILES string of the molecule is O=C1C=CC(O)O[C@H]1CC[C@H](O)c1ccco1. The van der Waals surface area contributed by atoms with Gasteiger partial charge in [-0.1, -0.05) is 0 Å². The van der Waals surface area contributed by atoms with E-state index in [1.54, 1.807) is 12.1 Å². The molecule has 5 nitrogen and oxygen atoms in total. The zero-order valence-corrected chi connectivity index (χ0v) is 9.15. The van der Waals surface area contributed by atoms with E-state index in [1.807, 2.05) is 0 Å². The van der Waals surface area contributed by atoms with Crippen LogP contribution in [0.3, 0.4) is 0 Å². The predicted octanol–water partition coefficient (Wildman–Crippen LogP) is 0.936. The number of ether oxygens (including phenoxy) is 1. The molecular formula is C12H14O5. The van der Waals surface area contributed by atoms with Gasteiger partial charge in [-0.25, -0.2) is 0 Å². The lowest BCUT2D eigenvalue weighted by atomic mass is 10.0. The quantitative estimate of drug-likeness (QED) is 0.815. The second-order valence-electron chi connectivity index (χ2n) is 3.89. The van der Waals surface area contributed by atoms with Crippen LogP contribution in [0.5, 0.6) is 0 Å². The van der Waals surface area contributed by atoms with E-state index >= 15 is 0 Å². The van der Waals surface area contributed by atoms with Crippen molar-refractivity contribution in [2.24, 2.45) is 0 Å². The minimum absolute atomic E-state index is 0.193. The molecule has 0 aliphatic carbocycles. The minimum Gasteiger partial charge on any atom is -0.467 e. The van der Waals surface area contributed by atoms with Crippen molar-refractivity contribution >= 4 is 5.78 Å². The molecule has 0 bridgehead atoms. The fraction of sp³-hybridized carbons (Fsp3) is 0.417. The average Bonchev–Trinajstić information content (AvgIpc) is 2.83. The first kappa shape index (κ1) is 12.0. The Bertz CT molecular complexity index is 395. The molecule has 2 rings (SSSR count). The second-order valence-corrected chi connectivity index (χ2v) is 3.89. The monoisotopic (exact) mass is 238 g/mol. The highest BCUT2D eigenvalue weighted by Crippen LogP contribution is 2.22. The first-order valence-corrected chi connectivity index (χ1v) is 5.44. The Morgan fingerprint density at radius 3 is 3.00 bits per heavy atom. The van der Waals surface area contributed by atoms with Gasteiger partial charge in [-0.3, -0.25) is 4.79 Å². The van der Waals surface area contributed by atoms with E-state index in [0.29, 0.717) is 18.6 Å². The van der Waals surface area contributed by atoms with Crippen molar-refractivity contribution in [3.8, 4) is 0 Å². The molecule has 2 heterocycles. The first-order valence-electron chi connectivity index (χ1n) is 5.44. The summed E-state index contributed by atoms with van der Waals surface area (Å²) in [5.41, 5.74) is 0. The average molecular weight is 238 g/mol. The Labute approximate surface area is 98.3 Å². The summed E-state index contributed by atoms with van der Waals surface area (Å²) in [6, 6.07) is 3.36. The molecule has 0 fully saturated rings. The number of aliphatic hydroxyl groups is 2. The smallest absolute Gasteiger partial charge is 0.184 e. The lowest BCUT2D eigenvalue weighted by Crippen LogP contribution is -2.31. The van der Waals surface area contributed by atoms with Gasteiger partial charge in [0.2, 0.25) is 0 Å². The molecule has 92 valence electrons. The van der Waals surface area contributed by atoms with Crippen molar-refractivity contribution in [2.45, 2.75) is 31.3 Å². The molecule has 0 saturated heterocycles. The molecule has 0 aromatic carbocycles. The zero-order valence-electron chi connectivity index (χ0n) is 9.15. The lowest BCUT2D eigenvalue weighted by Gasteiger charge is -2.22. The molecular weight excluding hydrogens is 224 g/mol. The molecule has 2 N–H and O–H groups in total. The first-order chi connectivity index (χ1) is 8.16. The summed E-state index contributed by atoms with van der Waals surface area (Å²) in [5.74, 6) is 0.270. The third kappa shape index (κ3) is 3.03. The van der Waals surface area contributed by atoms with E-state index in [4.69, 9.17) is 9.15 Å². The zero-order chi connectivity index (χ0) is 12.3. The molecule has 3 atom stereocenters. The van der Waals surface area contributed by atoms with Crippen LogP contribution in [0.2, 0.25) is 0 Å². The van der Waals surface area contributed by atoms with E-state index in [9.17, 15) is 15.0 Å². The second kappa shape index (κ2) is 5.27. The summed E-state index contributed by atoms with van der Waals surface area (Å²) in [6.07, 6.45) is 2.25. The molecule has 0 amide bonds. The van der Waals surface area contributed by atoms with Gasteiger partial charge in [0.15, 0.2) is 12.1 Å². The highest BCUT2D eigenvalue weighted by atomic mass is 16.6. The molecule has 1 aromatic rings. The maximum atomic E-state index is 11.4. The van der Waals surface area contributed by atoms with Crippen molar-refractivity contribution < 1.29 is 24.2 Å². The van der Waals surface area contributed by atoms with Crippen molar-refractivity contribution in [1.29, 1.82) is 0 Å². The molecule has 1 aliphatic rings. The van der Waals surface area contributed by atoms with Gasteiger partial charge in [-0.2, -0.15) is 0 Å². The number of furan rings is 1. The Kier molecular flexibility index (Phi) is 3.73. The molecule has 5 heteroatoms. The van der Waals surface area contributed by atoms with Crippen LogP contribution in [-0.2, 0) is 9.53 Å². The maximum absolute atomic E-state index is 11.4. The Morgan fingerprint density at radius 2 is 2.29 bits per heavy atom. The van der Waals surface area contributed by atoms with Crippen LogP contribution >= 0.6 is 0 Å².